The zero-order valence-corrected chi connectivity index (χ0v) is 21.8. The molecule has 1 fully saturated rings. The van der Waals surface area contributed by atoms with Crippen molar-refractivity contribution in [2.45, 2.75) is 18.5 Å². The second kappa shape index (κ2) is 10.7. The van der Waals surface area contributed by atoms with Gasteiger partial charge in [0, 0.05) is 36.7 Å². The number of rotatable bonds is 7. The molecule has 1 aliphatic heterocycles. The fraction of sp³-hybridized carbons (Fsp3) is 0.129. The van der Waals surface area contributed by atoms with Gasteiger partial charge in [-0.05, 0) is 71.5 Å². The molecule has 0 spiro atoms. The van der Waals surface area contributed by atoms with E-state index < -0.39 is 5.82 Å². The first-order valence-corrected chi connectivity index (χ1v) is 13.2. The van der Waals surface area contributed by atoms with Gasteiger partial charge in [0.2, 0.25) is 5.91 Å². The molecular weight excluding hydrogens is 509 g/mol. The quantitative estimate of drug-likeness (QED) is 0.244. The van der Waals surface area contributed by atoms with Crippen LogP contribution >= 0.6 is 12.2 Å². The lowest BCUT2D eigenvalue weighted by Gasteiger charge is -2.29. The van der Waals surface area contributed by atoms with Crippen LogP contribution in [-0.2, 0) is 4.79 Å². The van der Waals surface area contributed by atoms with Gasteiger partial charge in [0.25, 0.3) is 0 Å². The van der Waals surface area contributed by atoms with Crippen LogP contribution in [0.25, 0.3) is 16.5 Å². The van der Waals surface area contributed by atoms with Gasteiger partial charge in [0.1, 0.15) is 5.82 Å². The van der Waals surface area contributed by atoms with Crippen LogP contribution in [0.2, 0.25) is 0 Å². The maximum Gasteiger partial charge on any atom is 0.226 e. The molecule has 6 nitrogen and oxygen atoms in total. The number of carbonyl (C=O) groups excluding carboxylic acids is 1. The number of fused-ring (bicyclic) bond motifs is 1. The van der Waals surface area contributed by atoms with E-state index in [2.05, 4.69) is 56.6 Å². The molecule has 6 rings (SSSR count). The summed E-state index contributed by atoms with van der Waals surface area (Å²) < 4.78 is 16.2. The minimum Gasteiger partial charge on any atom is -0.352 e. The van der Waals surface area contributed by atoms with Crippen molar-refractivity contribution in [1.29, 1.82) is 0 Å². The standard InChI is InChI=1S/C31H26FN5OS/c32-24-10-3-4-11-25(24)34-28(38)16-19-37-30(29(35-31(37)39)26-12-5-6-17-33-26)27-13-7-18-36(27)23-15-14-21-8-1-2-9-22(21)20-23/h1-15,17-18,20,29-30H,16,19H2,(H,34,38)(H,35,39). The SMILES string of the molecule is O=C(CCN1C(=S)NC(c2ccccn2)C1c1cccn1-c1ccc2ccccc2c1)Nc1ccccc1F. The number of aromatic nitrogens is 2. The lowest BCUT2D eigenvalue weighted by atomic mass is 10.0. The van der Waals surface area contributed by atoms with Crippen molar-refractivity contribution < 1.29 is 9.18 Å². The molecule has 3 aromatic carbocycles. The van der Waals surface area contributed by atoms with Gasteiger partial charge in [-0.2, -0.15) is 0 Å². The number of benzene rings is 3. The number of amides is 1. The van der Waals surface area contributed by atoms with Crippen LogP contribution in [0.15, 0.2) is 109 Å². The first kappa shape index (κ1) is 24.8. The fourth-order valence-corrected chi connectivity index (χ4v) is 5.49. The average molecular weight is 536 g/mol. The normalized spacial score (nSPS) is 16.8. The third-order valence-corrected chi connectivity index (χ3v) is 7.37. The minimum atomic E-state index is -0.467. The molecule has 194 valence electrons. The predicted octanol–water partition coefficient (Wildman–Crippen LogP) is 6.17. The molecular formula is C31H26FN5OS. The number of pyridine rings is 1. The van der Waals surface area contributed by atoms with Crippen LogP contribution in [0.5, 0.6) is 0 Å². The summed E-state index contributed by atoms with van der Waals surface area (Å²) in [6.07, 6.45) is 3.95. The number of hydrogen-bond donors (Lipinski definition) is 2. The molecule has 1 aliphatic rings. The third-order valence-electron chi connectivity index (χ3n) is 7.02. The summed E-state index contributed by atoms with van der Waals surface area (Å²) in [5.74, 6) is -0.752. The molecule has 1 saturated heterocycles. The van der Waals surface area contributed by atoms with Gasteiger partial charge in [-0.25, -0.2) is 4.39 Å². The molecule has 0 aliphatic carbocycles. The van der Waals surface area contributed by atoms with Gasteiger partial charge in [-0.15, -0.1) is 0 Å². The molecule has 5 aromatic rings. The Morgan fingerprint density at radius 3 is 2.56 bits per heavy atom. The highest BCUT2D eigenvalue weighted by Gasteiger charge is 2.41. The van der Waals surface area contributed by atoms with Crippen LogP contribution in [0.3, 0.4) is 0 Å². The summed E-state index contributed by atoms with van der Waals surface area (Å²) >= 11 is 5.78. The van der Waals surface area contributed by atoms with Crippen molar-refractivity contribution in [3.05, 3.63) is 127 Å². The maximum absolute atomic E-state index is 14.1. The molecule has 39 heavy (non-hydrogen) atoms. The van der Waals surface area contributed by atoms with Crippen LogP contribution in [0.1, 0.15) is 29.9 Å². The van der Waals surface area contributed by atoms with Crippen LogP contribution in [0, 0.1) is 5.82 Å². The molecule has 2 N–H and O–H groups in total. The lowest BCUT2D eigenvalue weighted by Crippen LogP contribution is -2.33. The highest BCUT2D eigenvalue weighted by Crippen LogP contribution is 2.39. The average Bonchev–Trinajstić information content (AvgIpc) is 3.57. The second-order valence-electron chi connectivity index (χ2n) is 9.43. The number of nitrogens with one attached hydrogen (secondary N) is 2. The summed E-state index contributed by atoms with van der Waals surface area (Å²) in [6, 6.07) is 30.3. The fourth-order valence-electron chi connectivity index (χ4n) is 5.16. The summed E-state index contributed by atoms with van der Waals surface area (Å²) in [5, 5.41) is 8.98. The monoisotopic (exact) mass is 535 g/mol. The number of carbonyl (C=O) groups is 1. The molecule has 0 radical (unpaired) electrons. The Morgan fingerprint density at radius 1 is 0.949 bits per heavy atom. The first-order chi connectivity index (χ1) is 19.1. The summed E-state index contributed by atoms with van der Waals surface area (Å²) in [6.45, 7) is 0.350. The van der Waals surface area contributed by atoms with Crippen molar-refractivity contribution in [2.75, 3.05) is 11.9 Å². The smallest absolute Gasteiger partial charge is 0.226 e. The van der Waals surface area contributed by atoms with E-state index in [0.29, 0.717) is 11.7 Å². The summed E-state index contributed by atoms with van der Waals surface area (Å²) in [5.41, 5.74) is 3.07. The predicted molar refractivity (Wildman–Crippen MR) is 155 cm³/mol. The Labute approximate surface area is 231 Å². The Kier molecular flexibility index (Phi) is 6.77. The number of anilines is 1. The van der Waals surface area contributed by atoms with Crippen molar-refractivity contribution in [1.82, 2.24) is 19.8 Å². The summed E-state index contributed by atoms with van der Waals surface area (Å²) in [4.78, 5) is 19.4. The zero-order valence-electron chi connectivity index (χ0n) is 21.0. The molecule has 1 amide bonds. The Morgan fingerprint density at radius 2 is 1.74 bits per heavy atom. The Hall–Kier alpha value is -4.56. The van der Waals surface area contributed by atoms with Gasteiger partial charge in [-0.1, -0.05) is 48.5 Å². The number of para-hydroxylation sites is 1. The van der Waals surface area contributed by atoms with Crippen molar-refractivity contribution in [3.8, 4) is 5.69 Å². The van der Waals surface area contributed by atoms with Gasteiger partial charge >= 0.3 is 0 Å². The Balaban J connectivity index is 1.33. The van der Waals surface area contributed by atoms with E-state index in [1.165, 1.54) is 11.5 Å². The van der Waals surface area contributed by atoms with Crippen molar-refractivity contribution >= 4 is 39.7 Å². The van der Waals surface area contributed by atoms with Crippen molar-refractivity contribution in [3.63, 3.8) is 0 Å². The van der Waals surface area contributed by atoms with Crippen molar-refractivity contribution in [2.24, 2.45) is 0 Å². The van der Waals surface area contributed by atoms with E-state index in [-0.39, 0.29) is 30.1 Å². The highest BCUT2D eigenvalue weighted by atomic mass is 32.1. The van der Waals surface area contributed by atoms with Gasteiger partial charge < -0.3 is 20.1 Å². The zero-order chi connectivity index (χ0) is 26.8. The largest absolute Gasteiger partial charge is 0.352 e. The summed E-state index contributed by atoms with van der Waals surface area (Å²) in [7, 11) is 0. The van der Waals surface area contributed by atoms with E-state index in [4.69, 9.17) is 12.2 Å². The van der Waals surface area contributed by atoms with E-state index in [9.17, 15) is 9.18 Å². The topological polar surface area (TPSA) is 62.2 Å². The number of thiocarbonyl (C=S) groups is 1. The first-order valence-electron chi connectivity index (χ1n) is 12.8. The van der Waals surface area contributed by atoms with Crippen LogP contribution in [-0.4, -0.2) is 32.0 Å². The third kappa shape index (κ3) is 4.98. The van der Waals surface area contributed by atoms with E-state index >= 15 is 0 Å². The molecule has 2 atom stereocenters. The van der Waals surface area contributed by atoms with Crippen LogP contribution in [0.4, 0.5) is 10.1 Å². The number of nitrogens with zero attached hydrogens (tertiary/aromatic N) is 3. The van der Waals surface area contributed by atoms with Gasteiger partial charge in [0.15, 0.2) is 5.11 Å². The van der Waals surface area contributed by atoms with Crippen LogP contribution < -0.4 is 10.6 Å². The molecule has 0 saturated carbocycles. The van der Waals surface area contributed by atoms with Gasteiger partial charge in [-0.3, -0.25) is 9.78 Å². The Bertz CT molecular complexity index is 1650. The number of halogens is 1. The van der Waals surface area contributed by atoms with Gasteiger partial charge in [0.05, 0.1) is 23.5 Å². The lowest BCUT2D eigenvalue weighted by molar-refractivity contribution is -0.116. The van der Waals surface area contributed by atoms with E-state index in [1.807, 2.05) is 47.5 Å². The second-order valence-corrected chi connectivity index (χ2v) is 9.82. The highest BCUT2D eigenvalue weighted by molar-refractivity contribution is 7.80. The molecule has 2 aromatic heterocycles. The molecule has 0 bridgehead atoms. The minimum absolute atomic E-state index is 0.137. The van der Waals surface area contributed by atoms with E-state index in [1.54, 1.807) is 24.4 Å². The molecule has 8 heteroatoms. The number of hydrogen-bond acceptors (Lipinski definition) is 3. The maximum atomic E-state index is 14.1. The molecule has 3 heterocycles. The van der Waals surface area contributed by atoms with E-state index in [0.717, 1.165) is 22.5 Å². The molecule has 2 unspecified atom stereocenters.